The number of carbonyl (C=O) groups is 1. The molecule has 2 heterocycles. The fourth-order valence-corrected chi connectivity index (χ4v) is 2.85. The Labute approximate surface area is 101 Å². The molecule has 1 aromatic heterocycles. The van der Waals surface area contributed by atoms with Crippen LogP contribution in [0.1, 0.15) is 42.5 Å². The number of likely N-dealkylation sites (tertiary alicyclic amines) is 1. The Morgan fingerprint density at radius 2 is 2.00 bits per heavy atom. The molecule has 1 saturated heterocycles. The van der Waals surface area contributed by atoms with Crippen molar-refractivity contribution in [1.82, 2.24) is 4.90 Å². The van der Waals surface area contributed by atoms with E-state index in [0.717, 1.165) is 12.1 Å². The van der Waals surface area contributed by atoms with Gasteiger partial charge in [0, 0.05) is 23.9 Å². The van der Waals surface area contributed by atoms with Gasteiger partial charge in [-0.1, -0.05) is 12.8 Å². The molecule has 0 unspecified atom stereocenters. The van der Waals surface area contributed by atoms with Gasteiger partial charge in [-0.05, 0) is 37.4 Å². The third-order valence-electron chi connectivity index (χ3n) is 3.20. The van der Waals surface area contributed by atoms with Gasteiger partial charge in [0.1, 0.15) is 0 Å². The Hall–Kier alpha value is -0.670. The third kappa shape index (κ3) is 3.42. The topological polar surface area (TPSA) is 20.3 Å². The third-order valence-corrected chi connectivity index (χ3v) is 3.88. The molecule has 0 aliphatic carbocycles. The molecule has 0 N–H and O–H groups in total. The molecule has 88 valence electrons. The minimum Gasteiger partial charge on any atom is -0.303 e. The van der Waals surface area contributed by atoms with Crippen LogP contribution in [0, 0.1) is 0 Å². The Balaban J connectivity index is 1.76. The molecule has 16 heavy (non-hydrogen) atoms. The number of hydrogen-bond donors (Lipinski definition) is 0. The van der Waals surface area contributed by atoms with Crippen LogP contribution < -0.4 is 0 Å². The van der Waals surface area contributed by atoms with E-state index in [9.17, 15) is 4.79 Å². The Morgan fingerprint density at radius 3 is 2.62 bits per heavy atom. The molecule has 1 aromatic rings. The summed E-state index contributed by atoms with van der Waals surface area (Å²) in [4.78, 5) is 14.3. The van der Waals surface area contributed by atoms with Crippen LogP contribution in [0.25, 0.3) is 0 Å². The lowest BCUT2D eigenvalue weighted by Gasteiger charge is -2.18. The van der Waals surface area contributed by atoms with Gasteiger partial charge in [0.05, 0.1) is 0 Å². The second-order valence-corrected chi connectivity index (χ2v) is 5.22. The molecule has 1 fully saturated rings. The first kappa shape index (κ1) is 11.8. The van der Waals surface area contributed by atoms with Crippen LogP contribution >= 0.6 is 11.3 Å². The van der Waals surface area contributed by atoms with Crippen molar-refractivity contribution in [2.45, 2.75) is 32.1 Å². The normalized spacial score (nSPS) is 18.2. The maximum absolute atomic E-state index is 11.8. The second-order valence-electron chi connectivity index (χ2n) is 4.44. The van der Waals surface area contributed by atoms with E-state index in [2.05, 4.69) is 4.90 Å². The predicted octanol–water partition coefficient (Wildman–Crippen LogP) is 3.20. The quantitative estimate of drug-likeness (QED) is 0.750. The lowest BCUT2D eigenvalue weighted by atomic mass is 10.1. The summed E-state index contributed by atoms with van der Waals surface area (Å²) in [5.74, 6) is 0.297. The fraction of sp³-hybridized carbons (Fsp3) is 0.615. The van der Waals surface area contributed by atoms with E-state index < -0.39 is 0 Å². The molecular formula is C13H19NOS. The highest BCUT2D eigenvalue weighted by Crippen LogP contribution is 2.12. The highest BCUT2D eigenvalue weighted by atomic mass is 32.1. The molecule has 0 spiro atoms. The van der Waals surface area contributed by atoms with Crippen LogP contribution in [0.3, 0.4) is 0 Å². The summed E-state index contributed by atoms with van der Waals surface area (Å²) in [6.45, 7) is 3.29. The summed E-state index contributed by atoms with van der Waals surface area (Å²) < 4.78 is 0. The Kier molecular flexibility index (Phi) is 4.55. The van der Waals surface area contributed by atoms with Crippen LogP contribution in [-0.2, 0) is 0 Å². The van der Waals surface area contributed by atoms with Crippen molar-refractivity contribution >= 4 is 17.1 Å². The number of thiophene rings is 1. The van der Waals surface area contributed by atoms with Crippen LogP contribution in [-0.4, -0.2) is 30.3 Å². The average Bonchev–Trinajstić information content (AvgIpc) is 2.71. The summed E-state index contributed by atoms with van der Waals surface area (Å²) in [6.07, 6.45) is 5.99. The van der Waals surface area contributed by atoms with E-state index in [1.54, 1.807) is 11.3 Å². The van der Waals surface area contributed by atoms with Gasteiger partial charge in [-0.2, -0.15) is 11.3 Å². The summed E-state index contributed by atoms with van der Waals surface area (Å²) in [5.41, 5.74) is 0.889. The highest BCUT2D eigenvalue weighted by Gasteiger charge is 2.11. The second kappa shape index (κ2) is 6.16. The van der Waals surface area contributed by atoms with Crippen molar-refractivity contribution in [1.29, 1.82) is 0 Å². The molecule has 3 heteroatoms. The van der Waals surface area contributed by atoms with Crippen molar-refractivity contribution in [3.63, 3.8) is 0 Å². The van der Waals surface area contributed by atoms with Crippen molar-refractivity contribution in [2.24, 2.45) is 0 Å². The first-order valence-corrected chi connectivity index (χ1v) is 7.08. The summed E-state index contributed by atoms with van der Waals surface area (Å²) in [5, 5.41) is 3.92. The number of Topliss-reactive ketones (excluding diaryl/α,β-unsaturated/α-hetero) is 1. The largest absolute Gasteiger partial charge is 0.303 e. The maximum atomic E-state index is 11.8. The van der Waals surface area contributed by atoms with E-state index >= 15 is 0 Å². The molecule has 0 radical (unpaired) electrons. The summed E-state index contributed by atoms with van der Waals surface area (Å²) in [6, 6.07) is 1.93. The average molecular weight is 237 g/mol. The van der Waals surface area contributed by atoms with Crippen molar-refractivity contribution in [3.05, 3.63) is 22.4 Å². The zero-order valence-electron chi connectivity index (χ0n) is 9.65. The molecule has 2 rings (SSSR count). The highest BCUT2D eigenvalue weighted by molar-refractivity contribution is 7.08. The van der Waals surface area contributed by atoms with Gasteiger partial charge in [-0.15, -0.1) is 0 Å². The summed E-state index contributed by atoms with van der Waals surface area (Å²) in [7, 11) is 0. The first-order chi connectivity index (χ1) is 7.86. The van der Waals surface area contributed by atoms with Gasteiger partial charge >= 0.3 is 0 Å². The van der Waals surface area contributed by atoms with E-state index in [0.29, 0.717) is 12.2 Å². The lowest BCUT2D eigenvalue weighted by Crippen LogP contribution is -2.27. The molecule has 2 nitrogen and oxygen atoms in total. The Morgan fingerprint density at radius 1 is 1.25 bits per heavy atom. The molecule has 0 bridgehead atoms. The minimum absolute atomic E-state index is 0.297. The van der Waals surface area contributed by atoms with Gasteiger partial charge < -0.3 is 4.90 Å². The maximum Gasteiger partial charge on any atom is 0.164 e. The van der Waals surface area contributed by atoms with Gasteiger partial charge in [0.2, 0.25) is 0 Å². The van der Waals surface area contributed by atoms with E-state index in [-0.39, 0.29) is 0 Å². The monoisotopic (exact) mass is 237 g/mol. The SMILES string of the molecule is O=C(CCN1CCCCCC1)c1ccsc1. The molecule has 0 atom stereocenters. The van der Waals surface area contributed by atoms with Crippen LogP contribution in [0.15, 0.2) is 16.8 Å². The summed E-state index contributed by atoms with van der Waals surface area (Å²) >= 11 is 1.60. The zero-order chi connectivity index (χ0) is 11.2. The smallest absolute Gasteiger partial charge is 0.164 e. The van der Waals surface area contributed by atoms with Crippen LogP contribution in [0.4, 0.5) is 0 Å². The lowest BCUT2D eigenvalue weighted by molar-refractivity contribution is 0.0965. The fourth-order valence-electron chi connectivity index (χ4n) is 2.19. The van der Waals surface area contributed by atoms with Crippen LogP contribution in [0.2, 0.25) is 0 Å². The van der Waals surface area contributed by atoms with Gasteiger partial charge in [0.25, 0.3) is 0 Å². The molecular weight excluding hydrogens is 218 g/mol. The van der Waals surface area contributed by atoms with Gasteiger partial charge in [-0.25, -0.2) is 0 Å². The van der Waals surface area contributed by atoms with Crippen molar-refractivity contribution in [2.75, 3.05) is 19.6 Å². The predicted molar refractivity (Wildman–Crippen MR) is 68.2 cm³/mol. The van der Waals surface area contributed by atoms with E-state index in [1.807, 2.05) is 16.8 Å². The molecule has 0 saturated carbocycles. The molecule has 0 aromatic carbocycles. The van der Waals surface area contributed by atoms with Crippen molar-refractivity contribution in [3.8, 4) is 0 Å². The van der Waals surface area contributed by atoms with Gasteiger partial charge in [0.15, 0.2) is 5.78 Å². The van der Waals surface area contributed by atoms with Crippen molar-refractivity contribution < 1.29 is 4.79 Å². The molecule has 1 aliphatic heterocycles. The standard InChI is InChI=1S/C13H19NOS/c15-13(12-6-10-16-11-12)5-9-14-7-3-1-2-4-8-14/h6,10-11H,1-5,7-9H2. The van der Waals surface area contributed by atoms with E-state index in [1.165, 1.54) is 38.8 Å². The number of hydrogen-bond acceptors (Lipinski definition) is 3. The molecule has 0 amide bonds. The number of rotatable bonds is 4. The Bertz CT molecular complexity index is 313. The van der Waals surface area contributed by atoms with Crippen LogP contribution in [0.5, 0.6) is 0 Å². The molecule has 1 aliphatic rings. The van der Waals surface area contributed by atoms with E-state index in [4.69, 9.17) is 0 Å². The minimum atomic E-state index is 0.297. The number of nitrogens with zero attached hydrogens (tertiary/aromatic N) is 1. The number of carbonyl (C=O) groups excluding carboxylic acids is 1. The zero-order valence-corrected chi connectivity index (χ0v) is 10.5. The first-order valence-electron chi connectivity index (χ1n) is 6.14. The number of ketones is 1. The van der Waals surface area contributed by atoms with Gasteiger partial charge in [-0.3, -0.25) is 4.79 Å².